The van der Waals surface area contributed by atoms with Crippen molar-refractivity contribution in [2.24, 2.45) is 0 Å². The Morgan fingerprint density at radius 1 is 1.19 bits per heavy atom. The van der Waals surface area contributed by atoms with Crippen LogP contribution in [0.1, 0.15) is 44.7 Å². The van der Waals surface area contributed by atoms with Crippen molar-refractivity contribution in [2.75, 3.05) is 11.1 Å². The summed E-state index contributed by atoms with van der Waals surface area (Å²) in [6.07, 6.45) is 0.696. The zero-order chi connectivity index (χ0) is 20.0. The molecule has 6 nitrogen and oxygen atoms in total. The van der Waals surface area contributed by atoms with Crippen LogP contribution in [0.15, 0.2) is 22.5 Å². The number of Topliss-reactive ketones (excluding diaryl/α,β-unsaturated/α-hetero) is 1. The molecule has 27 heavy (non-hydrogen) atoms. The van der Waals surface area contributed by atoms with Crippen molar-refractivity contribution in [3.05, 3.63) is 29.3 Å². The van der Waals surface area contributed by atoms with E-state index in [2.05, 4.69) is 46.8 Å². The molecule has 0 bridgehead atoms. The van der Waals surface area contributed by atoms with Gasteiger partial charge in [-0.2, -0.15) is 0 Å². The highest BCUT2D eigenvalue weighted by molar-refractivity contribution is 8.01. The summed E-state index contributed by atoms with van der Waals surface area (Å²) in [6, 6.07) is 6.17. The zero-order valence-corrected chi connectivity index (χ0v) is 18.0. The third-order valence-electron chi connectivity index (χ3n) is 3.89. The lowest BCUT2D eigenvalue weighted by molar-refractivity contribution is -0.123. The maximum Gasteiger partial charge on any atom is 0.221 e. The molecule has 2 aromatic rings. The molecular formula is C19H26N4O2S2. The maximum absolute atomic E-state index is 12.1. The number of thioether (sulfide) groups is 1. The van der Waals surface area contributed by atoms with E-state index < -0.39 is 5.54 Å². The summed E-state index contributed by atoms with van der Waals surface area (Å²) in [4.78, 5) is 23.3. The third kappa shape index (κ3) is 7.30. The fourth-order valence-corrected chi connectivity index (χ4v) is 4.38. The van der Waals surface area contributed by atoms with E-state index in [1.165, 1.54) is 41.1 Å². The second kappa shape index (κ2) is 9.32. The molecule has 0 spiro atoms. The average molecular weight is 407 g/mol. The lowest BCUT2D eigenvalue weighted by atomic mass is 9.98. The predicted octanol–water partition coefficient (Wildman–Crippen LogP) is 4.25. The fraction of sp³-hybridized carbons (Fsp3) is 0.474. The first-order chi connectivity index (χ1) is 12.6. The van der Waals surface area contributed by atoms with Gasteiger partial charge in [0.05, 0.1) is 0 Å². The van der Waals surface area contributed by atoms with Crippen molar-refractivity contribution in [2.45, 2.75) is 57.3 Å². The Balaban J connectivity index is 1.79. The van der Waals surface area contributed by atoms with E-state index in [4.69, 9.17) is 0 Å². The highest BCUT2D eigenvalue weighted by Gasteiger charge is 2.22. The second-order valence-corrected chi connectivity index (χ2v) is 9.53. The van der Waals surface area contributed by atoms with Gasteiger partial charge in [0.2, 0.25) is 11.0 Å². The van der Waals surface area contributed by atoms with Gasteiger partial charge in [0, 0.05) is 29.8 Å². The summed E-state index contributed by atoms with van der Waals surface area (Å²) in [5, 5.41) is 15.2. The van der Waals surface area contributed by atoms with E-state index in [0.717, 1.165) is 15.2 Å². The first-order valence-corrected chi connectivity index (χ1v) is 10.6. The molecule has 1 heterocycles. The molecule has 2 N–H and O–H groups in total. The molecule has 0 aliphatic carbocycles. The van der Waals surface area contributed by atoms with Gasteiger partial charge < -0.3 is 10.6 Å². The number of carbonyl (C=O) groups is 2. The quantitative estimate of drug-likeness (QED) is 0.606. The molecule has 0 saturated carbocycles. The van der Waals surface area contributed by atoms with Gasteiger partial charge >= 0.3 is 0 Å². The molecule has 1 amide bonds. The van der Waals surface area contributed by atoms with E-state index in [-0.39, 0.29) is 11.7 Å². The Kier molecular flexibility index (Phi) is 7.38. The summed E-state index contributed by atoms with van der Waals surface area (Å²) in [5.74, 6) is 0.611. The largest absolute Gasteiger partial charge is 0.351 e. The molecule has 0 fully saturated rings. The van der Waals surface area contributed by atoms with Crippen molar-refractivity contribution < 1.29 is 9.59 Å². The smallest absolute Gasteiger partial charge is 0.221 e. The minimum Gasteiger partial charge on any atom is -0.351 e. The Labute approximate surface area is 168 Å². The van der Waals surface area contributed by atoms with Crippen LogP contribution in [0.4, 0.5) is 10.8 Å². The Hall–Kier alpha value is -1.93. The van der Waals surface area contributed by atoms with Crippen molar-refractivity contribution in [1.82, 2.24) is 15.5 Å². The molecule has 8 heteroatoms. The summed E-state index contributed by atoms with van der Waals surface area (Å²) < 4.78 is 0.817. The van der Waals surface area contributed by atoms with Gasteiger partial charge in [0.1, 0.15) is 5.78 Å². The number of aryl methyl sites for hydroxylation is 2. The van der Waals surface area contributed by atoms with Crippen LogP contribution in [0.25, 0.3) is 0 Å². The Bertz CT molecular complexity index is 818. The number of nitrogens with one attached hydrogen (secondary N) is 2. The SMILES string of the molecule is CC(=O)CC(C)(C)NC(=O)CCSc1nnc(Nc2ccc(C)c(C)c2)s1. The van der Waals surface area contributed by atoms with Gasteiger partial charge in [-0.25, -0.2) is 0 Å². The molecule has 1 aromatic heterocycles. The van der Waals surface area contributed by atoms with Gasteiger partial charge in [-0.05, 0) is 57.9 Å². The number of aromatic nitrogens is 2. The number of hydrogen-bond acceptors (Lipinski definition) is 7. The highest BCUT2D eigenvalue weighted by Crippen LogP contribution is 2.28. The van der Waals surface area contributed by atoms with Crippen LogP contribution in [-0.4, -0.2) is 33.2 Å². The van der Waals surface area contributed by atoms with Crippen molar-refractivity contribution >= 4 is 45.6 Å². The summed E-state index contributed by atoms with van der Waals surface area (Å²) >= 11 is 2.97. The first kappa shape index (κ1) is 21.4. The number of ketones is 1. The highest BCUT2D eigenvalue weighted by atomic mass is 32.2. The van der Waals surface area contributed by atoms with E-state index in [0.29, 0.717) is 18.6 Å². The van der Waals surface area contributed by atoms with Gasteiger partial charge in [-0.1, -0.05) is 29.2 Å². The van der Waals surface area contributed by atoms with E-state index in [9.17, 15) is 9.59 Å². The number of carbonyl (C=O) groups excluding carboxylic acids is 2. The number of anilines is 2. The summed E-state index contributed by atoms with van der Waals surface area (Å²) in [6.45, 7) is 9.40. The molecule has 2 rings (SSSR count). The van der Waals surface area contributed by atoms with Gasteiger partial charge in [0.25, 0.3) is 0 Å². The van der Waals surface area contributed by atoms with Gasteiger partial charge in [-0.15, -0.1) is 10.2 Å². The van der Waals surface area contributed by atoms with Crippen molar-refractivity contribution in [3.63, 3.8) is 0 Å². The van der Waals surface area contributed by atoms with E-state index in [1.54, 1.807) is 0 Å². The lowest BCUT2D eigenvalue weighted by Crippen LogP contribution is -2.44. The molecule has 0 aliphatic rings. The van der Waals surface area contributed by atoms with Crippen LogP contribution >= 0.6 is 23.1 Å². The van der Waals surface area contributed by atoms with E-state index >= 15 is 0 Å². The van der Waals surface area contributed by atoms with Crippen LogP contribution in [0, 0.1) is 13.8 Å². The summed E-state index contributed by atoms with van der Waals surface area (Å²) in [7, 11) is 0. The van der Waals surface area contributed by atoms with Gasteiger partial charge in [-0.3, -0.25) is 9.59 Å². The molecular weight excluding hydrogens is 380 g/mol. The van der Waals surface area contributed by atoms with Gasteiger partial charge in [0.15, 0.2) is 4.34 Å². The van der Waals surface area contributed by atoms with Crippen LogP contribution in [0.3, 0.4) is 0 Å². The van der Waals surface area contributed by atoms with Crippen LogP contribution in [0.5, 0.6) is 0 Å². The number of benzene rings is 1. The van der Waals surface area contributed by atoms with Crippen LogP contribution in [0.2, 0.25) is 0 Å². The molecule has 146 valence electrons. The number of nitrogens with zero attached hydrogens (tertiary/aromatic N) is 2. The number of hydrogen-bond donors (Lipinski definition) is 2. The van der Waals surface area contributed by atoms with Crippen molar-refractivity contribution in [3.8, 4) is 0 Å². The number of amides is 1. The predicted molar refractivity (Wildman–Crippen MR) is 112 cm³/mol. The maximum atomic E-state index is 12.1. The molecule has 1 aromatic carbocycles. The molecule has 0 radical (unpaired) electrons. The molecule has 0 atom stereocenters. The third-order valence-corrected chi connectivity index (χ3v) is 5.86. The average Bonchev–Trinajstić information content (AvgIpc) is 2.96. The molecule has 0 unspecified atom stereocenters. The zero-order valence-electron chi connectivity index (χ0n) is 16.4. The first-order valence-electron chi connectivity index (χ1n) is 8.76. The van der Waals surface area contributed by atoms with Crippen molar-refractivity contribution in [1.29, 1.82) is 0 Å². The van der Waals surface area contributed by atoms with Crippen LogP contribution < -0.4 is 10.6 Å². The molecule has 0 aliphatic heterocycles. The Morgan fingerprint density at radius 2 is 1.93 bits per heavy atom. The lowest BCUT2D eigenvalue weighted by Gasteiger charge is -2.24. The minimum absolute atomic E-state index is 0.0623. The number of rotatable bonds is 9. The monoisotopic (exact) mass is 406 g/mol. The minimum atomic E-state index is -0.514. The second-order valence-electron chi connectivity index (χ2n) is 7.21. The van der Waals surface area contributed by atoms with E-state index in [1.807, 2.05) is 19.9 Å². The molecule has 0 saturated heterocycles. The van der Waals surface area contributed by atoms with Crippen LogP contribution in [-0.2, 0) is 9.59 Å². The normalized spacial score (nSPS) is 11.3. The topological polar surface area (TPSA) is 84.0 Å². The standard InChI is InChI=1S/C19H26N4O2S2/c1-12-6-7-15(10-13(12)2)20-17-22-23-18(27-17)26-9-8-16(25)21-19(4,5)11-14(3)24/h6-7,10H,8-9,11H2,1-5H3,(H,20,22)(H,21,25). The summed E-state index contributed by atoms with van der Waals surface area (Å²) in [5.41, 5.74) is 2.94. The Morgan fingerprint density at radius 3 is 2.59 bits per heavy atom. The fourth-order valence-electron chi connectivity index (χ4n) is 2.60.